The fourth-order valence-electron chi connectivity index (χ4n) is 2.85. The quantitative estimate of drug-likeness (QED) is 0.506. The number of ether oxygens (including phenoxy) is 3. The van der Waals surface area contributed by atoms with Gasteiger partial charge in [-0.3, -0.25) is 9.78 Å². The number of carbonyl (C=O) groups excluding carboxylic acids is 2. The van der Waals surface area contributed by atoms with E-state index in [0.717, 1.165) is 10.9 Å². The molecule has 3 rings (SSSR count). The Balaban J connectivity index is 1.73. The largest absolute Gasteiger partial charge is 0.493 e. The molecular weight excluding hydrogens is 452 g/mol. The van der Waals surface area contributed by atoms with Crippen LogP contribution < -0.4 is 14.8 Å². The molecule has 0 bridgehead atoms. The van der Waals surface area contributed by atoms with Crippen molar-refractivity contribution in [2.45, 2.75) is 20.0 Å². The molecule has 0 aliphatic heterocycles. The SMILES string of the molecule is CCOc1c(Br)cc(C(=O)OC(C)C(=O)Nc2cccc3ncccc23)cc1OC. The summed E-state index contributed by atoms with van der Waals surface area (Å²) in [5.41, 5.74) is 1.58. The van der Waals surface area contributed by atoms with Gasteiger partial charge >= 0.3 is 5.97 Å². The molecule has 0 fully saturated rings. The Bertz CT molecular complexity index is 1080. The Labute approximate surface area is 182 Å². The van der Waals surface area contributed by atoms with Crippen molar-refractivity contribution < 1.29 is 23.8 Å². The number of aromatic nitrogens is 1. The van der Waals surface area contributed by atoms with E-state index in [1.54, 1.807) is 30.5 Å². The average Bonchev–Trinajstić information content (AvgIpc) is 2.75. The van der Waals surface area contributed by atoms with E-state index >= 15 is 0 Å². The van der Waals surface area contributed by atoms with E-state index in [0.29, 0.717) is 28.3 Å². The summed E-state index contributed by atoms with van der Waals surface area (Å²) in [5.74, 6) is -0.221. The Hall–Kier alpha value is -3.13. The number of hydrogen-bond donors (Lipinski definition) is 1. The monoisotopic (exact) mass is 472 g/mol. The number of benzene rings is 2. The molecule has 0 saturated heterocycles. The van der Waals surface area contributed by atoms with Gasteiger partial charge in [0.05, 0.1) is 35.0 Å². The van der Waals surface area contributed by atoms with Crippen LogP contribution in [0.3, 0.4) is 0 Å². The maximum Gasteiger partial charge on any atom is 0.339 e. The number of nitrogens with one attached hydrogen (secondary N) is 1. The summed E-state index contributed by atoms with van der Waals surface area (Å²) in [4.78, 5) is 29.4. The van der Waals surface area contributed by atoms with Crippen molar-refractivity contribution >= 4 is 44.4 Å². The van der Waals surface area contributed by atoms with Gasteiger partial charge in [-0.25, -0.2) is 4.79 Å². The third kappa shape index (κ3) is 4.71. The smallest absolute Gasteiger partial charge is 0.339 e. The van der Waals surface area contributed by atoms with Crippen LogP contribution in [0.1, 0.15) is 24.2 Å². The number of pyridine rings is 1. The maximum absolute atomic E-state index is 12.6. The fourth-order valence-corrected chi connectivity index (χ4v) is 3.41. The van der Waals surface area contributed by atoms with Gasteiger partial charge in [-0.15, -0.1) is 0 Å². The van der Waals surface area contributed by atoms with E-state index in [4.69, 9.17) is 14.2 Å². The first kappa shape index (κ1) is 21.6. The van der Waals surface area contributed by atoms with Crippen molar-refractivity contribution in [2.24, 2.45) is 0 Å². The van der Waals surface area contributed by atoms with E-state index in [-0.39, 0.29) is 5.56 Å². The zero-order chi connectivity index (χ0) is 21.7. The van der Waals surface area contributed by atoms with Gasteiger partial charge in [0, 0.05) is 11.6 Å². The second-order valence-electron chi connectivity index (χ2n) is 6.33. The van der Waals surface area contributed by atoms with Crippen LogP contribution in [0.4, 0.5) is 5.69 Å². The predicted molar refractivity (Wildman–Crippen MR) is 117 cm³/mol. The van der Waals surface area contributed by atoms with Crippen LogP contribution in [0.5, 0.6) is 11.5 Å². The van der Waals surface area contributed by atoms with Crippen LogP contribution in [0, 0.1) is 0 Å². The number of halogens is 1. The molecule has 1 aromatic heterocycles. The summed E-state index contributed by atoms with van der Waals surface area (Å²) in [7, 11) is 1.48. The molecule has 1 heterocycles. The lowest BCUT2D eigenvalue weighted by molar-refractivity contribution is -0.123. The average molecular weight is 473 g/mol. The standard InChI is InChI=1S/C22H21BrN2O5/c1-4-29-20-16(23)11-14(12-19(20)28-3)22(27)30-13(2)21(26)25-18-9-5-8-17-15(18)7-6-10-24-17/h5-13H,4H2,1-3H3,(H,25,26). The molecule has 0 aliphatic carbocycles. The summed E-state index contributed by atoms with van der Waals surface area (Å²) >= 11 is 3.37. The fraction of sp³-hybridized carbons (Fsp3) is 0.227. The predicted octanol–water partition coefficient (Wildman–Crippen LogP) is 4.59. The highest BCUT2D eigenvalue weighted by Gasteiger charge is 2.22. The highest BCUT2D eigenvalue weighted by Crippen LogP contribution is 2.37. The van der Waals surface area contributed by atoms with Crippen LogP contribution in [0.25, 0.3) is 10.9 Å². The number of amides is 1. The molecule has 0 radical (unpaired) electrons. The molecule has 7 nitrogen and oxygen atoms in total. The minimum Gasteiger partial charge on any atom is -0.493 e. The van der Waals surface area contributed by atoms with E-state index in [1.165, 1.54) is 20.1 Å². The molecule has 30 heavy (non-hydrogen) atoms. The van der Waals surface area contributed by atoms with Gasteiger partial charge < -0.3 is 19.5 Å². The van der Waals surface area contributed by atoms with E-state index < -0.39 is 18.0 Å². The Morgan fingerprint density at radius 3 is 2.73 bits per heavy atom. The van der Waals surface area contributed by atoms with Gasteiger partial charge in [0.1, 0.15) is 0 Å². The molecule has 1 amide bonds. The molecule has 1 atom stereocenters. The number of rotatable bonds is 7. The molecule has 1 unspecified atom stereocenters. The van der Waals surface area contributed by atoms with Crippen LogP contribution in [0.2, 0.25) is 0 Å². The normalized spacial score (nSPS) is 11.6. The number of methoxy groups -OCH3 is 1. The molecule has 0 spiro atoms. The number of carbonyl (C=O) groups is 2. The Kier molecular flexibility index (Phi) is 6.89. The van der Waals surface area contributed by atoms with Gasteiger partial charge in [0.15, 0.2) is 17.6 Å². The molecule has 0 aliphatic rings. The van der Waals surface area contributed by atoms with E-state index in [1.807, 2.05) is 19.1 Å². The topological polar surface area (TPSA) is 86.8 Å². The molecule has 1 N–H and O–H groups in total. The highest BCUT2D eigenvalue weighted by molar-refractivity contribution is 9.10. The van der Waals surface area contributed by atoms with Crippen LogP contribution in [-0.4, -0.2) is 36.7 Å². The molecule has 0 saturated carbocycles. The second kappa shape index (κ2) is 9.58. The third-order valence-electron chi connectivity index (χ3n) is 4.31. The molecular formula is C22H21BrN2O5. The van der Waals surface area contributed by atoms with E-state index in [2.05, 4.69) is 26.2 Å². The van der Waals surface area contributed by atoms with Gasteiger partial charge in [0.25, 0.3) is 5.91 Å². The number of esters is 1. The second-order valence-corrected chi connectivity index (χ2v) is 7.19. The maximum atomic E-state index is 12.6. The zero-order valence-electron chi connectivity index (χ0n) is 16.8. The number of nitrogens with zero attached hydrogens (tertiary/aromatic N) is 1. The summed E-state index contributed by atoms with van der Waals surface area (Å²) in [5, 5.41) is 3.59. The Morgan fingerprint density at radius 2 is 2.00 bits per heavy atom. The van der Waals surface area contributed by atoms with Crippen molar-refractivity contribution in [1.82, 2.24) is 4.98 Å². The van der Waals surface area contributed by atoms with Gasteiger partial charge in [0.2, 0.25) is 0 Å². The highest BCUT2D eigenvalue weighted by atomic mass is 79.9. The number of fused-ring (bicyclic) bond motifs is 1. The lowest BCUT2D eigenvalue weighted by atomic mass is 10.1. The van der Waals surface area contributed by atoms with Crippen molar-refractivity contribution in [2.75, 3.05) is 19.0 Å². The summed E-state index contributed by atoms with van der Waals surface area (Å²) < 4.78 is 16.7. The van der Waals surface area contributed by atoms with Crippen LogP contribution in [-0.2, 0) is 9.53 Å². The summed E-state index contributed by atoms with van der Waals surface area (Å²) in [6.07, 6.45) is 0.669. The summed E-state index contributed by atoms with van der Waals surface area (Å²) in [6.45, 7) is 3.80. The van der Waals surface area contributed by atoms with Crippen LogP contribution in [0.15, 0.2) is 53.1 Å². The van der Waals surface area contributed by atoms with E-state index in [9.17, 15) is 9.59 Å². The van der Waals surface area contributed by atoms with Gasteiger partial charge in [-0.1, -0.05) is 6.07 Å². The first-order valence-corrected chi connectivity index (χ1v) is 10.1. The third-order valence-corrected chi connectivity index (χ3v) is 4.90. The minimum atomic E-state index is -1.01. The first-order valence-electron chi connectivity index (χ1n) is 9.30. The Morgan fingerprint density at radius 1 is 1.20 bits per heavy atom. The molecule has 2 aromatic carbocycles. The van der Waals surface area contributed by atoms with Crippen molar-refractivity contribution in [1.29, 1.82) is 0 Å². The van der Waals surface area contributed by atoms with Gasteiger partial charge in [-0.05, 0) is 66.2 Å². The van der Waals surface area contributed by atoms with Crippen molar-refractivity contribution in [3.05, 3.63) is 58.7 Å². The summed E-state index contributed by atoms with van der Waals surface area (Å²) in [6, 6.07) is 12.1. The zero-order valence-corrected chi connectivity index (χ0v) is 18.4. The minimum absolute atomic E-state index is 0.233. The molecule has 156 valence electrons. The van der Waals surface area contributed by atoms with Crippen molar-refractivity contribution in [3.63, 3.8) is 0 Å². The van der Waals surface area contributed by atoms with Gasteiger partial charge in [-0.2, -0.15) is 0 Å². The number of hydrogen-bond acceptors (Lipinski definition) is 6. The molecule has 8 heteroatoms. The lowest BCUT2D eigenvalue weighted by Gasteiger charge is -2.16. The first-order chi connectivity index (χ1) is 14.4. The van der Waals surface area contributed by atoms with Crippen molar-refractivity contribution in [3.8, 4) is 11.5 Å². The molecule has 3 aromatic rings. The number of anilines is 1. The van der Waals surface area contributed by atoms with Crippen LogP contribution >= 0.6 is 15.9 Å². The lowest BCUT2D eigenvalue weighted by Crippen LogP contribution is -2.30.